The SMILES string of the molecule is O=C(CCNC(=O)c1ccoc1)NNC(=O)C(=O)NC1CC1. The average molecular weight is 308 g/mol. The lowest BCUT2D eigenvalue weighted by Crippen LogP contribution is -2.49. The molecular weight excluding hydrogens is 292 g/mol. The van der Waals surface area contributed by atoms with Crippen LogP contribution >= 0.6 is 0 Å². The number of furan rings is 1. The topological polar surface area (TPSA) is 130 Å². The number of nitrogens with one attached hydrogen (secondary N) is 4. The Labute approximate surface area is 125 Å². The van der Waals surface area contributed by atoms with Gasteiger partial charge in [0.2, 0.25) is 5.91 Å². The molecule has 22 heavy (non-hydrogen) atoms. The molecule has 118 valence electrons. The largest absolute Gasteiger partial charge is 0.472 e. The molecule has 1 aliphatic carbocycles. The maximum Gasteiger partial charge on any atom is 0.327 e. The van der Waals surface area contributed by atoms with Gasteiger partial charge in [0.15, 0.2) is 0 Å². The third-order valence-corrected chi connectivity index (χ3v) is 2.86. The van der Waals surface area contributed by atoms with E-state index >= 15 is 0 Å². The smallest absolute Gasteiger partial charge is 0.327 e. The number of amides is 4. The summed E-state index contributed by atoms with van der Waals surface area (Å²) in [6.07, 6.45) is 4.33. The standard InChI is InChI=1S/C13H16N4O5/c18-10(3-5-14-11(19)8-4-6-22-7-8)16-17-13(21)12(20)15-9-1-2-9/h4,6-7,9H,1-3,5H2,(H,14,19)(H,15,20)(H,16,18)(H,17,21). The average Bonchev–Trinajstić information content (AvgIpc) is 3.14. The summed E-state index contributed by atoms with van der Waals surface area (Å²) in [5.41, 5.74) is 4.45. The van der Waals surface area contributed by atoms with Gasteiger partial charge in [-0.2, -0.15) is 0 Å². The van der Waals surface area contributed by atoms with Crippen LogP contribution in [0.2, 0.25) is 0 Å². The first-order valence-electron chi connectivity index (χ1n) is 6.76. The lowest BCUT2D eigenvalue weighted by Gasteiger charge is -2.07. The Hall–Kier alpha value is -2.84. The molecule has 1 aromatic rings. The van der Waals surface area contributed by atoms with Crippen LogP contribution in [-0.4, -0.2) is 36.2 Å². The van der Waals surface area contributed by atoms with E-state index in [1.165, 1.54) is 18.6 Å². The van der Waals surface area contributed by atoms with Gasteiger partial charge < -0.3 is 15.1 Å². The van der Waals surface area contributed by atoms with Crippen molar-refractivity contribution in [1.82, 2.24) is 21.5 Å². The summed E-state index contributed by atoms with van der Waals surface area (Å²) in [5, 5.41) is 4.99. The molecule has 9 nitrogen and oxygen atoms in total. The van der Waals surface area contributed by atoms with E-state index in [1.54, 1.807) is 0 Å². The van der Waals surface area contributed by atoms with Crippen LogP contribution in [0.3, 0.4) is 0 Å². The van der Waals surface area contributed by atoms with E-state index < -0.39 is 17.7 Å². The molecule has 0 saturated heterocycles. The zero-order valence-corrected chi connectivity index (χ0v) is 11.7. The maximum absolute atomic E-state index is 11.5. The highest BCUT2D eigenvalue weighted by molar-refractivity contribution is 6.35. The van der Waals surface area contributed by atoms with Crippen molar-refractivity contribution in [2.75, 3.05) is 6.54 Å². The predicted molar refractivity (Wildman–Crippen MR) is 73.1 cm³/mol. The van der Waals surface area contributed by atoms with E-state index in [0.29, 0.717) is 5.56 Å². The van der Waals surface area contributed by atoms with Crippen LogP contribution in [0.15, 0.2) is 23.0 Å². The first-order valence-corrected chi connectivity index (χ1v) is 6.76. The molecular formula is C13H16N4O5. The third-order valence-electron chi connectivity index (χ3n) is 2.86. The summed E-state index contributed by atoms with van der Waals surface area (Å²) >= 11 is 0. The molecule has 1 heterocycles. The molecule has 9 heteroatoms. The lowest BCUT2D eigenvalue weighted by atomic mass is 10.3. The summed E-state index contributed by atoms with van der Waals surface area (Å²) in [4.78, 5) is 45.6. The molecule has 0 bridgehead atoms. The van der Waals surface area contributed by atoms with Gasteiger partial charge in [-0.15, -0.1) is 0 Å². The van der Waals surface area contributed by atoms with Crippen LogP contribution in [0.5, 0.6) is 0 Å². The van der Waals surface area contributed by atoms with Crippen molar-refractivity contribution in [2.45, 2.75) is 25.3 Å². The Bertz CT molecular complexity index is 565. The molecule has 0 unspecified atom stereocenters. The van der Waals surface area contributed by atoms with Crippen LogP contribution in [0, 0.1) is 0 Å². The van der Waals surface area contributed by atoms with E-state index in [2.05, 4.69) is 16.1 Å². The number of hydrogen-bond donors (Lipinski definition) is 4. The molecule has 1 aliphatic rings. The highest BCUT2D eigenvalue weighted by atomic mass is 16.3. The number of rotatable bonds is 5. The first-order chi connectivity index (χ1) is 10.6. The number of hydrogen-bond acceptors (Lipinski definition) is 5. The van der Waals surface area contributed by atoms with E-state index in [9.17, 15) is 19.2 Å². The highest BCUT2D eigenvalue weighted by Crippen LogP contribution is 2.18. The molecule has 0 spiro atoms. The second kappa shape index (κ2) is 7.25. The molecule has 1 saturated carbocycles. The lowest BCUT2D eigenvalue weighted by molar-refractivity contribution is -0.141. The van der Waals surface area contributed by atoms with Crippen LogP contribution in [0.4, 0.5) is 0 Å². The van der Waals surface area contributed by atoms with E-state index in [-0.39, 0.29) is 24.9 Å². The fourth-order valence-electron chi connectivity index (χ4n) is 1.51. The zero-order chi connectivity index (χ0) is 15.9. The summed E-state index contributed by atoms with van der Waals surface area (Å²) in [6.45, 7) is 0.0833. The van der Waals surface area contributed by atoms with Crippen molar-refractivity contribution < 1.29 is 23.6 Å². The van der Waals surface area contributed by atoms with Crippen LogP contribution in [0.1, 0.15) is 29.6 Å². The Morgan fingerprint density at radius 3 is 2.55 bits per heavy atom. The van der Waals surface area contributed by atoms with Gasteiger partial charge in [-0.05, 0) is 18.9 Å². The van der Waals surface area contributed by atoms with E-state index in [4.69, 9.17) is 4.42 Å². The second-order valence-electron chi connectivity index (χ2n) is 4.77. The fraction of sp³-hybridized carbons (Fsp3) is 0.385. The fourth-order valence-corrected chi connectivity index (χ4v) is 1.51. The minimum atomic E-state index is -0.928. The molecule has 2 rings (SSSR count). The maximum atomic E-state index is 11.5. The van der Waals surface area contributed by atoms with E-state index in [0.717, 1.165) is 12.8 Å². The van der Waals surface area contributed by atoms with E-state index in [1.807, 2.05) is 5.43 Å². The van der Waals surface area contributed by atoms with Crippen molar-refractivity contribution >= 4 is 23.6 Å². The van der Waals surface area contributed by atoms with Gasteiger partial charge in [0.05, 0.1) is 11.8 Å². The van der Waals surface area contributed by atoms with Crippen LogP contribution < -0.4 is 21.5 Å². The van der Waals surface area contributed by atoms with Gasteiger partial charge in [-0.3, -0.25) is 30.0 Å². The highest BCUT2D eigenvalue weighted by Gasteiger charge is 2.26. The van der Waals surface area contributed by atoms with Gasteiger partial charge in [0.25, 0.3) is 5.91 Å². The monoisotopic (exact) mass is 308 g/mol. The molecule has 0 aromatic carbocycles. The van der Waals surface area contributed by atoms with Crippen LogP contribution in [-0.2, 0) is 14.4 Å². The van der Waals surface area contributed by atoms with Crippen molar-refractivity contribution in [3.8, 4) is 0 Å². The van der Waals surface area contributed by atoms with Gasteiger partial charge in [-0.1, -0.05) is 0 Å². The minimum Gasteiger partial charge on any atom is -0.472 e. The van der Waals surface area contributed by atoms with Crippen molar-refractivity contribution in [3.05, 3.63) is 24.2 Å². The van der Waals surface area contributed by atoms with Crippen LogP contribution in [0.25, 0.3) is 0 Å². The quantitative estimate of drug-likeness (QED) is 0.402. The summed E-state index contributed by atoms with van der Waals surface area (Å²) < 4.78 is 4.76. The van der Waals surface area contributed by atoms with Gasteiger partial charge in [0.1, 0.15) is 6.26 Å². The second-order valence-corrected chi connectivity index (χ2v) is 4.77. The Balaban J connectivity index is 1.58. The summed E-state index contributed by atoms with van der Waals surface area (Å²) in [5.74, 6) is -2.60. The number of hydrazine groups is 1. The predicted octanol–water partition coefficient (Wildman–Crippen LogP) is -1.17. The molecule has 0 atom stereocenters. The third kappa shape index (κ3) is 4.93. The van der Waals surface area contributed by atoms with Gasteiger partial charge in [0, 0.05) is 19.0 Å². The Morgan fingerprint density at radius 1 is 1.14 bits per heavy atom. The molecule has 0 radical (unpaired) electrons. The first kappa shape index (κ1) is 15.5. The normalized spacial score (nSPS) is 13.1. The Kier molecular flexibility index (Phi) is 5.12. The Morgan fingerprint density at radius 2 is 1.91 bits per heavy atom. The van der Waals surface area contributed by atoms with Crippen molar-refractivity contribution in [3.63, 3.8) is 0 Å². The summed E-state index contributed by atoms with van der Waals surface area (Å²) in [6, 6.07) is 1.56. The molecule has 4 amide bonds. The molecule has 4 N–H and O–H groups in total. The van der Waals surface area contributed by atoms with Crippen molar-refractivity contribution in [2.24, 2.45) is 0 Å². The zero-order valence-electron chi connectivity index (χ0n) is 11.7. The molecule has 0 aliphatic heterocycles. The molecule has 1 fully saturated rings. The number of carbonyl (C=O) groups excluding carboxylic acids is 4. The van der Waals surface area contributed by atoms with Gasteiger partial charge >= 0.3 is 11.8 Å². The molecule has 1 aromatic heterocycles. The van der Waals surface area contributed by atoms with Gasteiger partial charge in [-0.25, -0.2) is 0 Å². The van der Waals surface area contributed by atoms with Crippen molar-refractivity contribution in [1.29, 1.82) is 0 Å². The minimum absolute atomic E-state index is 0.0475. The number of carbonyl (C=O) groups is 4. The summed E-state index contributed by atoms with van der Waals surface area (Å²) in [7, 11) is 0.